The smallest absolute Gasteiger partial charge is 0.224 e. The lowest BCUT2D eigenvalue weighted by atomic mass is 9.72. The zero-order valence-electron chi connectivity index (χ0n) is 20.8. The van der Waals surface area contributed by atoms with Crippen LogP contribution in [0.5, 0.6) is 5.75 Å². The summed E-state index contributed by atoms with van der Waals surface area (Å²) in [6.45, 7) is 2.79. The number of hydrogen-bond acceptors (Lipinski definition) is 9. The third-order valence-corrected chi connectivity index (χ3v) is 7.46. The van der Waals surface area contributed by atoms with Gasteiger partial charge in [-0.3, -0.25) is 24.1 Å². The summed E-state index contributed by atoms with van der Waals surface area (Å²) < 4.78 is 0. The van der Waals surface area contributed by atoms with Crippen LogP contribution in [0.25, 0.3) is 0 Å². The van der Waals surface area contributed by atoms with Gasteiger partial charge in [-0.15, -0.1) is 0 Å². The lowest BCUT2D eigenvalue weighted by Gasteiger charge is -2.33. The molecule has 0 spiro atoms. The molecule has 2 aliphatic rings. The van der Waals surface area contributed by atoms with Crippen LogP contribution in [0.15, 0.2) is 12.1 Å². The number of nitrogens with zero attached hydrogens (tertiary/aromatic N) is 2. The van der Waals surface area contributed by atoms with Gasteiger partial charge in [0.15, 0.2) is 11.6 Å². The molecular formula is C26H37N3O7. The summed E-state index contributed by atoms with van der Waals surface area (Å²) in [6.07, 6.45) is 0.508. The Labute approximate surface area is 211 Å². The standard InChI is InChI=1S/C26H37N3O7/c1-28-5-7-29(8-6-28)14-24(35)18-2-3-21(32)26-19(18)11-16(12-23(26)34)10-17(4-9-30)20(15-31)22(33)13-25(27)36/h2-3,16-17,20,30-32H,4-15H2,1H3,(H2,27,36). The van der Waals surface area contributed by atoms with Gasteiger partial charge in [-0.05, 0) is 55.8 Å². The number of amides is 1. The average molecular weight is 504 g/mol. The molecule has 1 aliphatic heterocycles. The maximum atomic E-state index is 13.3. The van der Waals surface area contributed by atoms with Crippen molar-refractivity contribution >= 4 is 23.3 Å². The normalized spacial score (nSPS) is 20.5. The van der Waals surface area contributed by atoms with Gasteiger partial charge in [0, 0.05) is 50.7 Å². The van der Waals surface area contributed by atoms with E-state index in [9.17, 15) is 34.5 Å². The topological polar surface area (TPSA) is 161 Å². The Hall–Kier alpha value is -2.66. The Bertz CT molecular complexity index is 988. The fourth-order valence-electron chi connectivity index (χ4n) is 5.50. The first-order chi connectivity index (χ1) is 17.1. The van der Waals surface area contributed by atoms with Crippen LogP contribution in [-0.4, -0.2) is 101 Å². The number of nitrogens with two attached hydrogens (primary N) is 1. The number of aromatic hydroxyl groups is 1. The number of aliphatic hydroxyl groups is 2. The van der Waals surface area contributed by atoms with Crippen molar-refractivity contribution in [1.29, 1.82) is 0 Å². The summed E-state index contributed by atoms with van der Waals surface area (Å²) in [4.78, 5) is 54.3. The molecule has 0 aromatic heterocycles. The zero-order valence-corrected chi connectivity index (χ0v) is 20.8. The molecule has 3 rings (SSSR count). The Kier molecular flexibility index (Phi) is 9.72. The number of piperazine rings is 1. The van der Waals surface area contributed by atoms with E-state index in [0.717, 1.165) is 26.2 Å². The summed E-state index contributed by atoms with van der Waals surface area (Å²) in [6, 6.07) is 2.97. The molecule has 1 fully saturated rings. The van der Waals surface area contributed by atoms with Crippen LogP contribution in [0.1, 0.15) is 52.0 Å². The number of primary amides is 1. The summed E-state index contributed by atoms with van der Waals surface area (Å²) in [5, 5.41) is 29.9. The van der Waals surface area contributed by atoms with Crippen molar-refractivity contribution in [2.45, 2.75) is 32.1 Å². The first-order valence-electron chi connectivity index (χ1n) is 12.5. The zero-order chi connectivity index (χ0) is 26.4. The second kappa shape index (κ2) is 12.5. The van der Waals surface area contributed by atoms with Crippen LogP contribution in [0.4, 0.5) is 0 Å². The highest BCUT2D eigenvalue weighted by Gasteiger charge is 2.36. The number of carbonyl (C=O) groups excluding carboxylic acids is 4. The second-order valence-electron chi connectivity index (χ2n) is 10.1. The molecule has 5 N–H and O–H groups in total. The average Bonchev–Trinajstić information content (AvgIpc) is 2.80. The van der Waals surface area contributed by atoms with Gasteiger partial charge in [-0.25, -0.2) is 0 Å². The Balaban J connectivity index is 1.82. The van der Waals surface area contributed by atoms with E-state index in [0.29, 0.717) is 24.0 Å². The van der Waals surface area contributed by atoms with Crippen molar-refractivity contribution in [3.8, 4) is 5.75 Å². The maximum Gasteiger partial charge on any atom is 0.224 e. The Morgan fingerprint density at radius 3 is 2.42 bits per heavy atom. The van der Waals surface area contributed by atoms with Crippen LogP contribution < -0.4 is 5.73 Å². The molecular weight excluding hydrogens is 466 g/mol. The van der Waals surface area contributed by atoms with Gasteiger partial charge in [0.1, 0.15) is 11.5 Å². The highest BCUT2D eigenvalue weighted by molar-refractivity contribution is 6.07. The molecule has 0 radical (unpaired) electrons. The third-order valence-electron chi connectivity index (χ3n) is 7.46. The number of benzene rings is 1. The quantitative estimate of drug-likeness (QED) is 0.227. The largest absolute Gasteiger partial charge is 0.507 e. The summed E-state index contributed by atoms with van der Waals surface area (Å²) >= 11 is 0. The van der Waals surface area contributed by atoms with E-state index in [-0.39, 0.29) is 54.8 Å². The van der Waals surface area contributed by atoms with E-state index >= 15 is 0 Å². The minimum Gasteiger partial charge on any atom is -0.507 e. The summed E-state index contributed by atoms with van der Waals surface area (Å²) in [5.41, 5.74) is 6.26. The van der Waals surface area contributed by atoms with Crippen molar-refractivity contribution in [2.75, 3.05) is 53.0 Å². The van der Waals surface area contributed by atoms with Gasteiger partial charge < -0.3 is 26.0 Å². The number of Topliss-reactive ketones (excluding diaryl/α,β-unsaturated/α-hetero) is 3. The van der Waals surface area contributed by atoms with Crippen LogP contribution >= 0.6 is 0 Å². The van der Waals surface area contributed by atoms with Gasteiger partial charge in [-0.1, -0.05) is 0 Å². The van der Waals surface area contributed by atoms with Gasteiger partial charge in [0.25, 0.3) is 0 Å². The monoisotopic (exact) mass is 503 g/mol. The number of phenols is 1. The predicted octanol–water partition coefficient (Wildman–Crippen LogP) is 0.00910. The molecule has 1 aromatic rings. The van der Waals surface area contributed by atoms with Crippen LogP contribution in [-0.2, 0) is 16.0 Å². The Morgan fingerprint density at radius 2 is 1.81 bits per heavy atom. The van der Waals surface area contributed by atoms with E-state index < -0.39 is 36.6 Å². The molecule has 1 amide bonds. The number of fused-ring (bicyclic) bond motifs is 1. The van der Waals surface area contributed by atoms with Crippen molar-refractivity contribution in [2.24, 2.45) is 23.5 Å². The lowest BCUT2D eigenvalue weighted by Crippen LogP contribution is -2.46. The highest BCUT2D eigenvalue weighted by Crippen LogP contribution is 2.38. The Morgan fingerprint density at radius 1 is 1.11 bits per heavy atom. The van der Waals surface area contributed by atoms with E-state index in [1.54, 1.807) is 6.07 Å². The molecule has 36 heavy (non-hydrogen) atoms. The maximum absolute atomic E-state index is 13.3. The molecule has 3 unspecified atom stereocenters. The van der Waals surface area contributed by atoms with Crippen molar-refractivity contribution in [1.82, 2.24) is 9.80 Å². The molecule has 1 aromatic carbocycles. The number of likely N-dealkylation sites (N-methyl/N-ethyl adjacent to an activating group) is 1. The van der Waals surface area contributed by atoms with E-state index in [1.807, 2.05) is 7.05 Å². The van der Waals surface area contributed by atoms with Crippen molar-refractivity contribution in [3.63, 3.8) is 0 Å². The fraction of sp³-hybridized carbons (Fsp3) is 0.615. The molecule has 10 heteroatoms. The molecule has 198 valence electrons. The van der Waals surface area contributed by atoms with E-state index in [1.165, 1.54) is 6.07 Å². The van der Waals surface area contributed by atoms with Crippen molar-refractivity contribution in [3.05, 3.63) is 28.8 Å². The minimum absolute atomic E-state index is 0.110. The van der Waals surface area contributed by atoms with Gasteiger partial charge >= 0.3 is 0 Å². The minimum atomic E-state index is -0.885. The van der Waals surface area contributed by atoms with Crippen LogP contribution in [0, 0.1) is 17.8 Å². The molecule has 1 heterocycles. The number of aliphatic hydroxyl groups excluding tert-OH is 2. The number of hydrogen-bond donors (Lipinski definition) is 4. The number of ketones is 3. The number of phenolic OH excluding ortho intramolecular Hbond substituents is 1. The molecule has 1 aliphatic carbocycles. The third kappa shape index (κ3) is 6.76. The number of carbonyl (C=O) groups is 4. The SMILES string of the molecule is CN1CCN(CC(=O)c2ccc(O)c3c2CC(CC(CCO)C(CO)C(=O)CC(N)=O)CC3=O)CC1. The fourth-order valence-corrected chi connectivity index (χ4v) is 5.50. The van der Waals surface area contributed by atoms with Gasteiger partial charge in [0.05, 0.1) is 25.1 Å². The van der Waals surface area contributed by atoms with E-state index in [4.69, 9.17) is 5.73 Å². The lowest BCUT2D eigenvalue weighted by molar-refractivity contribution is -0.131. The summed E-state index contributed by atoms with van der Waals surface area (Å²) in [7, 11) is 2.04. The summed E-state index contributed by atoms with van der Waals surface area (Å²) in [5.74, 6) is -3.43. The highest BCUT2D eigenvalue weighted by atomic mass is 16.3. The molecule has 3 atom stereocenters. The first-order valence-corrected chi connectivity index (χ1v) is 12.5. The molecule has 1 saturated heterocycles. The number of rotatable bonds is 12. The van der Waals surface area contributed by atoms with Crippen LogP contribution in [0.3, 0.4) is 0 Å². The predicted molar refractivity (Wildman–Crippen MR) is 132 cm³/mol. The molecule has 0 bridgehead atoms. The molecule has 10 nitrogen and oxygen atoms in total. The van der Waals surface area contributed by atoms with Crippen LogP contribution in [0.2, 0.25) is 0 Å². The second-order valence-corrected chi connectivity index (χ2v) is 10.1. The van der Waals surface area contributed by atoms with Gasteiger partial charge in [0.2, 0.25) is 5.91 Å². The molecule has 0 saturated carbocycles. The first kappa shape index (κ1) is 27.9. The van der Waals surface area contributed by atoms with Gasteiger partial charge in [-0.2, -0.15) is 0 Å². The van der Waals surface area contributed by atoms with E-state index in [2.05, 4.69) is 9.80 Å². The van der Waals surface area contributed by atoms with Crippen molar-refractivity contribution < 1.29 is 34.5 Å².